The quantitative estimate of drug-likeness (QED) is 0.563. The van der Waals surface area contributed by atoms with Gasteiger partial charge in [0.05, 0.1) is 6.61 Å². The summed E-state index contributed by atoms with van der Waals surface area (Å²) < 4.78 is 12.0. The van der Waals surface area contributed by atoms with Crippen molar-refractivity contribution in [3.05, 3.63) is 41.9 Å². The lowest BCUT2D eigenvalue weighted by molar-refractivity contribution is -0.162. The molecule has 8 heteroatoms. The first kappa shape index (κ1) is 17.9. The number of benzene rings is 1. The van der Waals surface area contributed by atoms with Gasteiger partial charge < -0.3 is 9.47 Å². The molecule has 0 aliphatic rings. The summed E-state index contributed by atoms with van der Waals surface area (Å²) in [6.45, 7) is 4.84. The fourth-order valence-electron chi connectivity index (χ4n) is 1.93. The summed E-state index contributed by atoms with van der Waals surface area (Å²) in [5.41, 5.74) is -1.40. The molecule has 0 amide bonds. The second-order valence-corrected chi connectivity index (χ2v) is 5.95. The molecule has 1 aromatic heterocycles. The number of halogens is 1. The highest BCUT2D eigenvalue weighted by molar-refractivity contribution is 6.30. The number of rotatable bonds is 7. The molecule has 0 aliphatic carbocycles. The van der Waals surface area contributed by atoms with Crippen molar-refractivity contribution in [2.75, 3.05) is 6.61 Å². The molecule has 0 N–H and O–H groups in total. The fourth-order valence-corrected chi connectivity index (χ4v) is 2.05. The number of hydrogen-bond donors (Lipinski definition) is 0. The maximum Gasteiger partial charge on any atom is 0.319 e. The molecule has 1 atom stereocenters. The van der Waals surface area contributed by atoms with Crippen LogP contribution in [-0.4, -0.2) is 33.1 Å². The highest BCUT2D eigenvalue weighted by Gasteiger charge is 2.43. The first-order chi connectivity index (χ1) is 11.4. The molecule has 0 saturated heterocycles. The molecule has 2 rings (SSSR count). The van der Waals surface area contributed by atoms with E-state index < -0.39 is 23.4 Å². The summed E-state index contributed by atoms with van der Waals surface area (Å²) in [4.78, 5) is 28.9. The molecule has 1 unspecified atom stereocenters. The van der Waals surface area contributed by atoms with Crippen LogP contribution in [0, 0.1) is 5.41 Å². The number of carbonyl (C=O) groups is 2. The maximum atomic E-state index is 12.9. The average Bonchev–Trinajstić information content (AvgIpc) is 3.08. The zero-order valence-corrected chi connectivity index (χ0v) is 14.4. The van der Waals surface area contributed by atoms with E-state index in [1.54, 1.807) is 31.2 Å². The second kappa shape index (κ2) is 7.44. The number of esters is 1. The topological polar surface area (TPSA) is 83.3 Å². The highest BCUT2D eigenvalue weighted by atomic mass is 35.5. The van der Waals surface area contributed by atoms with Crippen molar-refractivity contribution in [3.63, 3.8) is 0 Å². The van der Waals surface area contributed by atoms with Crippen LogP contribution in [0.15, 0.2) is 36.9 Å². The van der Waals surface area contributed by atoms with E-state index in [0.29, 0.717) is 10.8 Å². The Morgan fingerprint density at radius 2 is 1.96 bits per heavy atom. The van der Waals surface area contributed by atoms with E-state index >= 15 is 0 Å². The van der Waals surface area contributed by atoms with Crippen LogP contribution in [0.5, 0.6) is 5.75 Å². The predicted octanol–water partition coefficient (Wildman–Crippen LogP) is 2.67. The first-order valence-corrected chi connectivity index (χ1v) is 7.72. The van der Waals surface area contributed by atoms with Gasteiger partial charge in [-0.25, -0.2) is 9.67 Å². The van der Waals surface area contributed by atoms with Crippen LogP contribution < -0.4 is 4.74 Å². The third-order valence-corrected chi connectivity index (χ3v) is 3.62. The van der Waals surface area contributed by atoms with Crippen molar-refractivity contribution in [1.82, 2.24) is 14.8 Å². The van der Waals surface area contributed by atoms with Crippen molar-refractivity contribution in [3.8, 4) is 5.75 Å². The molecule has 24 heavy (non-hydrogen) atoms. The predicted molar refractivity (Wildman–Crippen MR) is 86.6 cm³/mol. The van der Waals surface area contributed by atoms with E-state index in [-0.39, 0.29) is 6.61 Å². The van der Waals surface area contributed by atoms with Crippen molar-refractivity contribution < 1.29 is 19.1 Å². The molecule has 2 aromatic rings. The van der Waals surface area contributed by atoms with Gasteiger partial charge in [0.2, 0.25) is 5.78 Å². The fraction of sp³-hybridized carbons (Fsp3) is 0.375. The molecule has 0 spiro atoms. The summed E-state index contributed by atoms with van der Waals surface area (Å²) >= 11 is 5.85. The van der Waals surface area contributed by atoms with Crippen molar-refractivity contribution in [1.29, 1.82) is 0 Å². The molecule has 7 nitrogen and oxygen atoms in total. The van der Waals surface area contributed by atoms with Gasteiger partial charge in [-0.15, -0.1) is 0 Å². The molecule has 128 valence electrons. The van der Waals surface area contributed by atoms with Crippen LogP contribution in [0.25, 0.3) is 0 Å². The Labute approximate surface area is 144 Å². The van der Waals surface area contributed by atoms with Crippen LogP contribution in [0.3, 0.4) is 0 Å². The van der Waals surface area contributed by atoms with Crippen LogP contribution in [-0.2, 0) is 14.3 Å². The van der Waals surface area contributed by atoms with Gasteiger partial charge in [-0.3, -0.25) is 9.59 Å². The van der Waals surface area contributed by atoms with Gasteiger partial charge in [0.15, 0.2) is 0 Å². The number of nitrogens with zero attached hydrogens (tertiary/aromatic N) is 3. The molecule has 0 radical (unpaired) electrons. The lowest BCUT2D eigenvalue weighted by Crippen LogP contribution is -2.42. The van der Waals surface area contributed by atoms with Gasteiger partial charge in [-0.05, 0) is 45.0 Å². The zero-order chi connectivity index (χ0) is 17.7. The lowest BCUT2D eigenvalue weighted by atomic mass is 9.87. The number of hydrogen-bond acceptors (Lipinski definition) is 6. The molecule has 0 aliphatic heterocycles. The van der Waals surface area contributed by atoms with E-state index in [4.69, 9.17) is 21.1 Å². The minimum atomic E-state index is -1.40. The number of carbonyl (C=O) groups excluding carboxylic acids is 2. The number of ether oxygens (including phenoxy) is 2. The number of aromatic nitrogens is 3. The van der Waals surface area contributed by atoms with Crippen molar-refractivity contribution >= 4 is 23.4 Å². The molecule has 0 saturated carbocycles. The monoisotopic (exact) mass is 351 g/mol. The van der Waals surface area contributed by atoms with Gasteiger partial charge in [-0.1, -0.05) is 11.6 Å². The van der Waals surface area contributed by atoms with E-state index in [2.05, 4.69) is 10.1 Å². The standard InChI is InChI=1S/C16H18ClN3O4/c1-4-23-15(22)16(2,3)13(21)14(20-10-18-9-19-20)24-12-7-5-11(17)6-8-12/h5-10,14H,4H2,1-3H3. The lowest BCUT2D eigenvalue weighted by Gasteiger charge is -2.26. The summed E-state index contributed by atoms with van der Waals surface area (Å²) in [5.74, 6) is -0.714. The smallest absolute Gasteiger partial charge is 0.319 e. The summed E-state index contributed by atoms with van der Waals surface area (Å²) in [6.07, 6.45) is 1.47. The number of Topliss-reactive ketones (excluding diaryl/α,β-unsaturated/α-hetero) is 1. The zero-order valence-electron chi connectivity index (χ0n) is 13.6. The second-order valence-electron chi connectivity index (χ2n) is 5.51. The van der Waals surface area contributed by atoms with E-state index in [0.717, 1.165) is 0 Å². The van der Waals surface area contributed by atoms with Crippen LogP contribution in [0.4, 0.5) is 0 Å². The van der Waals surface area contributed by atoms with E-state index in [1.807, 2.05) is 0 Å². The Morgan fingerprint density at radius 3 is 2.50 bits per heavy atom. The molecular weight excluding hydrogens is 334 g/mol. The third kappa shape index (κ3) is 3.91. The van der Waals surface area contributed by atoms with Crippen molar-refractivity contribution in [2.24, 2.45) is 5.41 Å². The van der Waals surface area contributed by atoms with Gasteiger partial charge in [0.25, 0.3) is 6.23 Å². The average molecular weight is 352 g/mol. The third-order valence-electron chi connectivity index (χ3n) is 3.36. The highest BCUT2D eigenvalue weighted by Crippen LogP contribution is 2.28. The van der Waals surface area contributed by atoms with Crippen LogP contribution in [0.2, 0.25) is 5.02 Å². The molecule has 1 heterocycles. The van der Waals surface area contributed by atoms with Gasteiger partial charge in [-0.2, -0.15) is 5.10 Å². The largest absolute Gasteiger partial charge is 0.465 e. The maximum absolute atomic E-state index is 12.9. The van der Waals surface area contributed by atoms with Gasteiger partial charge in [0.1, 0.15) is 23.8 Å². The number of ketones is 1. The summed E-state index contributed by atoms with van der Waals surface area (Å²) in [6, 6.07) is 6.51. The minimum absolute atomic E-state index is 0.182. The molecule has 0 fully saturated rings. The Hall–Kier alpha value is -2.41. The summed E-state index contributed by atoms with van der Waals surface area (Å²) in [7, 11) is 0. The molecule has 1 aromatic carbocycles. The van der Waals surface area contributed by atoms with Crippen LogP contribution in [0.1, 0.15) is 27.0 Å². The SMILES string of the molecule is CCOC(=O)C(C)(C)C(=O)C(Oc1ccc(Cl)cc1)n1cncn1. The first-order valence-electron chi connectivity index (χ1n) is 7.34. The Morgan fingerprint density at radius 1 is 1.29 bits per heavy atom. The summed E-state index contributed by atoms with van der Waals surface area (Å²) in [5, 5.41) is 4.49. The minimum Gasteiger partial charge on any atom is -0.465 e. The molecule has 0 bridgehead atoms. The van der Waals surface area contributed by atoms with E-state index in [1.165, 1.54) is 31.2 Å². The van der Waals surface area contributed by atoms with Crippen LogP contribution >= 0.6 is 11.6 Å². The Kier molecular flexibility index (Phi) is 5.56. The van der Waals surface area contributed by atoms with Crippen molar-refractivity contribution in [2.45, 2.75) is 27.0 Å². The molecular formula is C16H18ClN3O4. The van der Waals surface area contributed by atoms with E-state index in [9.17, 15) is 9.59 Å². The van der Waals surface area contributed by atoms with Gasteiger partial charge in [0, 0.05) is 5.02 Å². The normalized spacial score (nSPS) is 12.5. The Bertz CT molecular complexity index is 699. The Balaban J connectivity index is 2.31. The van der Waals surface area contributed by atoms with Gasteiger partial charge >= 0.3 is 5.97 Å².